The number of ether oxygens (including phenoxy) is 2. The molecule has 3 fully saturated rings. The quantitative estimate of drug-likeness (QED) is 0.235. The SMILES string of the molecule is CC(=O)[C@@]12C[C@H]1/C=C\CCCCC[C@H](NC(=O)OC1CCCC1)C(=O)N1CC(Oc3nc4ccccc4nc3-c3csc(NC(C)C)n3)C[C@H]1C(=O)N2. The highest BCUT2D eigenvalue weighted by atomic mass is 32.1. The molecule has 14 heteroatoms. The van der Waals surface area contributed by atoms with Crippen LogP contribution in [0.4, 0.5) is 9.93 Å². The molecule has 1 aromatic carbocycles. The number of rotatable bonds is 8. The fraction of sp³-hybridized carbons (Fsp3) is 0.564. The van der Waals surface area contributed by atoms with Gasteiger partial charge in [0.2, 0.25) is 17.7 Å². The Bertz CT molecular complexity index is 1880. The second-order valence-corrected chi connectivity index (χ2v) is 15.9. The first-order chi connectivity index (χ1) is 25.6. The summed E-state index contributed by atoms with van der Waals surface area (Å²) >= 11 is 1.45. The van der Waals surface area contributed by atoms with Crippen molar-refractivity contribution >= 4 is 51.2 Å². The van der Waals surface area contributed by atoms with Crippen LogP contribution in [0.1, 0.15) is 91.4 Å². The molecule has 0 spiro atoms. The van der Waals surface area contributed by atoms with E-state index in [2.05, 4.69) is 22.0 Å². The highest BCUT2D eigenvalue weighted by Gasteiger charge is 2.59. The molecular weight excluding hydrogens is 695 g/mol. The second-order valence-electron chi connectivity index (χ2n) is 15.1. The summed E-state index contributed by atoms with van der Waals surface area (Å²) in [5.41, 5.74) is 1.34. The maximum atomic E-state index is 14.5. The normalized spacial score (nSPS) is 27.3. The van der Waals surface area contributed by atoms with Crippen LogP contribution in [-0.2, 0) is 19.1 Å². The molecule has 4 aliphatic rings. The van der Waals surface area contributed by atoms with Crippen LogP contribution < -0.4 is 20.7 Å². The number of carbonyl (C=O) groups is 4. The Kier molecular flexibility index (Phi) is 11.0. The van der Waals surface area contributed by atoms with Gasteiger partial charge in [0.1, 0.15) is 35.5 Å². The lowest BCUT2D eigenvalue weighted by atomic mass is 10.0. The molecule has 2 aliphatic heterocycles. The van der Waals surface area contributed by atoms with Crippen molar-refractivity contribution in [2.45, 2.75) is 127 Å². The maximum Gasteiger partial charge on any atom is 0.408 e. The first kappa shape index (κ1) is 36.8. The molecule has 2 saturated carbocycles. The van der Waals surface area contributed by atoms with Gasteiger partial charge < -0.3 is 30.3 Å². The Labute approximate surface area is 313 Å². The van der Waals surface area contributed by atoms with Gasteiger partial charge in [-0.25, -0.2) is 19.7 Å². The third-order valence-electron chi connectivity index (χ3n) is 10.7. The summed E-state index contributed by atoms with van der Waals surface area (Å²) in [5, 5.41) is 11.9. The van der Waals surface area contributed by atoms with E-state index in [9.17, 15) is 19.2 Å². The molecule has 3 N–H and O–H groups in total. The summed E-state index contributed by atoms with van der Waals surface area (Å²) in [6, 6.07) is 5.83. The molecule has 0 radical (unpaired) electrons. The summed E-state index contributed by atoms with van der Waals surface area (Å²) in [5.74, 6) is -0.784. The summed E-state index contributed by atoms with van der Waals surface area (Å²) in [7, 11) is 0. The molecule has 5 atom stereocenters. The summed E-state index contributed by atoms with van der Waals surface area (Å²) in [6.45, 7) is 5.64. The molecule has 2 aliphatic carbocycles. The van der Waals surface area contributed by atoms with Gasteiger partial charge in [0.05, 0.1) is 17.6 Å². The average molecular weight is 744 g/mol. The van der Waals surface area contributed by atoms with Crippen LogP contribution in [0, 0.1) is 5.92 Å². The van der Waals surface area contributed by atoms with Gasteiger partial charge >= 0.3 is 6.09 Å². The molecule has 3 aromatic rings. The minimum atomic E-state index is -1.01. The summed E-state index contributed by atoms with van der Waals surface area (Å²) in [6.07, 6.45) is 10.7. The molecule has 0 bridgehead atoms. The van der Waals surface area contributed by atoms with Crippen LogP contribution >= 0.6 is 11.3 Å². The number of alkyl carbamates (subject to hydrolysis) is 1. The summed E-state index contributed by atoms with van der Waals surface area (Å²) < 4.78 is 12.3. The largest absolute Gasteiger partial charge is 0.471 e. The Balaban J connectivity index is 1.19. The average Bonchev–Trinajstić information content (AvgIpc) is 3.55. The van der Waals surface area contributed by atoms with E-state index >= 15 is 0 Å². The van der Waals surface area contributed by atoms with Gasteiger partial charge in [-0.15, -0.1) is 11.3 Å². The van der Waals surface area contributed by atoms with Crippen molar-refractivity contribution in [1.82, 2.24) is 30.5 Å². The first-order valence-electron chi connectivity index (χ1n) is 19.0. The highest BCUT2D eigenvalue weighted by Crippen LogP contribution is 2.46. The Morgan fingerprint density at radius 2 is 1.75 bits per heavy atom. The fourth-order valence-corrected chi connectivity index (χ4v) is 8.60. The zero-order valence-corrected chi connectivity index (χ0v) is 31.5. The van der Waals surface area contributed by atoms with Crippen LogP contribution in [0.25, 0.3) is 22.4 Å². The lowest BCUT2D eigenvalue weighted by Crippen LogP contribution is -2.56. The van der Waals surface area contributed by atoms with E-state index in [1.54, 1.807) is 0 Å². The van der Waals surface area contributed by atoms with Gasteiger partial charge in [-0.1, -0.05) is 37.1 Å². The lowest BCUT2D eigenvalue weighted by Gasteiger charge is -2.29. The first-order valence-corrected chi connectivity index (χ1v) is 19.9. The van der Waals surface area contributed by atoms with E-state index in [4.69, 9.17) is 24.4 Å². The molecule has 53 heavy (non-hydrogen) atoms. The smallest absolute Gasteiger partial charge is 0.408 e. The minimum Gasteiger partial charge on any atom is -0.471 e. The van der Waals surface area contributed by atoms with Gasteiger partial charge in [0, 0.05) is 23.8 Å². The molecule has 3 amide bonds. The van der Waals surface area contributed by atoms with Crippen molar-refractivity contribution in [3.63, 3.8) is 0 Å². The number of hydrogen-bond donors (Lipinski definition) is 3. The van der Waals surface area contributed by atoms with E-state index < -0.39 is 35.7 Å². The number of benzene rings is 1. The number of aromatic nitrogens is 3. The number of hydrogen-bond acceptors (Lipinski definition) is 11. The van der Waals surface area contributed by atoms with Crippen LogP contribution in [-0.4, -0.2) is 86.0 Å². The van der Waals surface area contributed by atoms with Crippen molar-refractivity contribution in [3.8, 4) is 17.3 Å². The zero-order valence-electron chi connectivity index (χ0n) is 30.6. The van der Waals surface area contributed by atoms with E-state index in [0.29, 0.717) is 41.7 Å². The molecule has 282 valence electrons. The van der Waals surface area contributed by atoms with Crippen molar-refractivity contribution in [2.75, 3.05) is 11.9 Å². The number of para-hydroxylation sites is 2. The van der Waals surface area contributed by atoms with Gasteiger partial charge in [0.15, 0.2) is 16.6 Å². The molecule has 13 nitrogen and oxygen atoms in total. The molecule has 2 aromatic heterocycles. The van der Waals surface area contributed by atoms with Crippen molar-refractivity contribution in [1.29, 1.82) is 0 Å². The zero-order chi connectivity index (χ0) is 37.1. The van der Waals surface area contributed by atoms with E-state index in [0.717, 1.165) is 50.1 Å². The fourth-order valence-electron chi connectivity index (χ4n) is 7.76. The monoisotopic (exact) mass is 743 g/mol. The van der Waals surface area contributed by atoms with Gasteiger partial charge in [0.25, 0.3) is 0 Å². The van der Waals surface area contributed by atoms with Crippen LogP contribution in [0.2, 0.25) is 0 Å². The van der Waals surface area contributed by atoms with Crippen LogP contribution in [0.5, 0.6) is 5.88 Å². The number of nitrogens with zero attached hydrogens (tertiary/aromatic N) is 4. The Morgan fingerprint density at radius 3 is 2.51 bits per heavy atom. The number of Topliss-reactive ketones (excluding diaryl/α,β-unsaturated/α-hetero) is 1. The topological polar surface area (TPSA) is 165 Å². The predicted molar refractivity (Wildman–Crippen MR) is 201 cm³/mol. The van der Waals surface area contributed by atoms with E-state index in [1.165, 1.54) is 23.2 Å². The van der Waals surface area contributed by atoms with Crippen molar-refractivity contribution < 1.29 is 28.7 Å². The summed E-state index contributed by atoms with van der Waals surface area (Å²) in [4.78, 5) is 70.9. The lowest BCUT2D eigenvalue weighted by molar-refractivity contribution is -0.141. The van der Waals surface area contributed by atoms with Gasteiger partial charge in [-0.2, -0.15) is 0 Å². The number of fused-ring (bicyclic) bond motifs is 3. The highest BCUT2D eigenvalue weighted by molar-refractivity contribution is 7.14. The Morgan fingerprint density at radius 1 is 1.00 bits per heavy atom. The third kappa shape index (κ3) is 8.32. The minimum absolute atomic E-state index is 0.0638. The van der Waals surface area contributed by atoms with Gasteiger partial charge in [-0.3, -0.25) is 14.4 Å². The van der Waals surface area contributed by atoms with Crippen LogP contribution in [0.3, 0.4) is 0 Å². The van der Waals surface area contributed by atoms with Crippen molar-refractivity contribution in [3.05, 3.63) is 41.8 Å². The molecule has 1 unspecified atom stereocenters. The van der Waals surface area contributed by atoms with E-state index in [-0.39, 0.29) is 48.6 Å². The number of thiazole rings is 1. The molecule has 7 rings (SSSR count). The van der Waals surface area contributed by atoms with Crippen LogP contribution in [0.15, 0.2) is 41.8 Å². The standard InChI is InChI=1S/C39H49N7O6S/c1-23(2)40-37-43-31(22-53-37)33-35(42-29-17-12-11-16-28(29)41-33)51-27-19-32-34(48)45-39(24(3)47)20-25(39)13-7-5-4-6-8-18-30(36(49)46(32)21-27)44-38(50)52-26-14-9-10-15-26/h7,11-13,16-17,22-23,25-27,30,32H,4-6,8-10,14-15,18-21H2,1-3H3,(H,40,43)(H,44,50)(H,45,48)/b13-7-/t25-,27?,30+,32+,39+/m1/s1. The molecule has 1 saturated heterocycles. The number of allylic oxidation sites excluding steroid dienone is 1. The Hall–Kier alpha value is -4.59. The number of carbonyl (C=O) groups excluding carboxylic acids is 4. The number of anilines is 1. The predicted octanol–water partition coefficient (Wildman–Crippen LogP) is 5.94. The number of ketones is 1. The van der Waals surface area contributed by atoms with E-state index in [1.807, 2.05) is 49.6 Å². The maximum absolute atomic E-state index is 14.5. The number of amides is 3. The third-order valence-corrected chi connectivity index (χ3v) is 11.5. The second kappa shape index (κ2) is 15.8. The van der Waals surface area contributed by atoms with Crippen molar-refractivity contribution in [2.24, 2.45) is 5.92 Å². The van der Waals surface area contributed by atoms with Gasteiger partial charge in [-0.05, 0) is 84.3 Å². The molecular formula is C39H49N7O6S. The molecule has 4 heterocycles. The number of nitrogens with one attached hydrogen (secondary N) is 3.